The predicted molar refractivity (Wildman–Crippen MR) is 89.3 cm³/mol. The molecule has 0 fully saturated rings. The fraction of sp³-hybridized carbons (Fsp3) is 0.125. The summed E-state index contributed by atoms with van der Waals surface area (Å²) in [5.41, 5.74) is 2.26. The summed E-state index contributed by atoms with van der Waals surface area (Å²) in [5, 5.41) is 1.21. The van der Waals surface area contributed by atoms with Crippen LogP contribution in [0.1, 0.15) is 12.5 Å². The molecule has 21 heavy (non-hydrogen) atoms. The number of fused-ring (bicyclic) bond motifs is 1. The molecule has 1 aromatic carbocycles. The van der Waals surface area contributed by atoms with E-state index < -0.39 is 0 Å². The van der Waals surface area contributed by atoms with Crippen molar-refractivity contribution in [2.45, 2.75) is 13.5 Å². The molecule has 2 aromatic heterocycles. The van der Waals surface area contributed by atoms with Gasteiger partial charge >= 0.3 is 5.97 Å². The van der Waals surface area contributed by atoms with E-state index in [4.69, 9.17) is 4.74 Å². The summed E-state index contributed by atoms with van der Waals surface area (Å²) in [7, 11) is 0. The van der Waals surface area contributed by atoms with E-state index in [2.05, 4.69) is 38.3 Å². The Balaban J connectivity index is 1.87. The van der Waals surface area contributed by atoms with E-state index in [-0.39, 0.29) is 5.97 Å². The van der Waals surface area contributed by atoms with Crippen molar-refractivity contribution in [2.24, 2.45) is 0 Å². The van der Waals surface area contributed by atoms with Crippen LogP contribution < -0.4 is 4.74 Å². The highest BCUT2D eigenvalue weighted by molar-refractivity contribution is 14.1. The van der Waals surface area contributed by atoms with Crippen LogP contribution in [0.5, 0.6) is 5.75 Å². The number of carbonyl (C=O) groups excluding carboxylic acids is 1. The van der Waals surface area contributed by atoms with E-state index in [0.29, 0.717) is 5.75 Å². The molecule has 0 amide bonds. The minimum Gasteiger partial charge on any atom is -0.427 e. The first-order valence-corrected chi connectivity index (χ1v) is 7.57. The van der Waals surface area contributed by atoms with Gasteiger partial charge < -0.3 is 9.30 Å². The first-order valence-electron chi connectivity index (χ1n) is 6.49. The predicted octanol–water partition coefficient (Wildman–Crippen LogP) is 3.61. The van der Waals surface area contributed by atoms with Gasteiger partial charge in [-0.1, -0.05) is 12.1 Å². The van der Waals surface area contributed by atoms with Gasteiger partial charge in [-0.25, -0.2) is 0 Å². The van der Waals surface area contributed by atoms with Crippen LogP contribution in [-0.4, -0.2) is 15.5 Å². The summed E-state index contributed by atoms with van der Waals surface area (Å²) in [5.74, 6) is 0.264. The van der Waals surface area contributed by atoms with Crippen LogP contribution in [0.2, 0.25) is 0 Å². The third-order valence-corrected chi connectivity index (χ3v) is 4.03. The first kappa shape index (κ1) is 14.1. The molecular formula is C16H13IN2O2. The maximum Gasteiger partial charge on any atom is 0.308 e. The van der Waals surface area contributed by atoms with Gasteiger partial charge in [-0.3, -0.25) is 9.78 Å². The zero-order valence-corrected chi connectivity index (χ0v) is 13.6. The molecule has 0 N–H and O–H groups in total. The lowest BCUT2D eigenvalue weighted by Gasteiger charge is -2.06. The van der Waals surface area contributed by atoms with Crippen LogP contribution in [0.4, 0.5) is 0 Å². The molecule has 0 radical (unpaired) electrons. The number of hydrogen-bond acceptors (Lipinski definition) is 3. The third kappa shape index (κ3) is 3.07. The van der Waals surface area contributed by atoms with Crippen molar-refractivity contribution in [1.29, 1.82) is 0 Å². The van der Waals surface area contributed by atoms with E-state index in [1.807, 2.05) is 42.7 Å². The zero-order chi connectivity index (χ0) is 14.8. The Hall–Kier alpha value is -1.89. The number of esters is 1. The maximum atomic E-state index is 10.9. The number of ether oxygens (including phenoxy) is 1. The van der Waals surface area contributed by atoms with Gasteiger partial charge in [0.15, 0.2) is 0 Å². The summed E-state index contributed by atoms with van der Waals surface area (Å²) in [6, 6.07) is 9.58. The molecule has 0 bridgehead atoms. The van der Waals surface area contributed by atoms with Gasteiger partial charge in [0.1, 0.15) is 5.75 Å². The van der Waals surface area contributed by atoms with E-state index in [0.717, 1.165) is 17.6 Å². The van der Waals surface area contributed by atoms with Gasteiger partial charge in [-0.05, 0) is 46.4 Å². The van der Waals surface area contributed by atoms with Crippen LogP contribution in [0.25, 0.3) is 10.9 Å². The summed E-state index contributed by atoms with van der Waals surface area (Å²) in [6.07, 6.45) is 5.81. The zero-order valence-electron chi connectivity index (χ0n) is 11.4. The van der Waals surface area contributed by atoms with Gasteiger partial charge in [0.2, 0.25) is 0 Å². The Labute approximate surface area is 135 Å². The largest absolute Gasteiger partial charge is 0.427 e. The lowest BCUT2D eigenvalue weighted by molar-refractivity contribution is -0.131. The maximum absolute atomic E-state index is 10.9. The Morgan fingerprint density at radius 1 is 1.29 bits per heavy atom. The van der Waals surface area contributed by atoms with Crippen LogP contribution in [0, 0.1) is 3.57 Å². The second kappa shape index (κ2) is 5.85. The Morgan fingerprint density at radius 3 is 2.76 bits per heavy atom. The lowest BCUT2D eigenvalue weighted by atomic mass is 10.2. The molecule has 0 aliphatic rings. The van der Waals surface area contributed by atoms with Crippen molar-refractivity contribution in [3.05, 3.63) is 58.1 Å². The number of pyridine rings is 1. The Kier molecular flexibility index (Phi) is 3.92. The van der Waals surface area contributed by atoms with Gasteiger partial charge in [-0.2, -0.15) is 0 Å². The SMILES string of the molecule is CC(=O)Oc1ccc(Cn2cc(I)c3ccncc32)cc1. The fourth-order valence-electron chi connectivity index (χ4n) is 2.25. The van der Waals surface area contributed by atoms with Gasteiger partial charge in [0.25, 0.3) is 0 Å². The number of rotatable bonds is 3. The molecule has 3 rings (SSSR count). The van der Waals surface area contributed by atoms with Gasteiger partial charge in [0.05, 0.1) is 11.7 Å². The van der Waals surface area contributed by atoms with Crippen molar-refractivity contribution >= 4 is 39.5 Å². The van der Waals surface area contributed by atoms with Crippen molar-refractivity contribution < 1.29 is 9.53 Å². The summed E-state index contributed by atoms with van der Waals surface area (Å²) >= 11 is 2.33. The van der Waals surface area contributed by atoms with Gasteiger partial charge in [0, 0.05) is 34.8 Å². The van der Waals surface area contributed by atoms with E-state index in [1.54, 1.807) is 0 Å². The van der Waals surface area contributed by atoms with Crippen LogP contribution in [0.3, 0.4) is 0 Å². The second-order valence-corrected chi connectivity index (χ2v) is 5.90. The highest BCUT2D eigenvalue weighted by atomic mass is 127. The number of nitrogens with zero attached hydrogens (tertiary/aromatic N) is 2. The Bertz CT molecular complexity index is 794. The molecule has 0 spiro atoms. The molecule has 4 nitrogen and oxygen atoms in total. The molecule has 2 heterocycles. The first-order chi connectivity index (χ1) is 10.1. The quantitative estimate of drug-likeness (QED) is 0.389. The summed E-state index contributed by atoms with van der Waals surface area (Å²) in [4.78, 5) is 15.1. The lowest BCUT2D eigenvalue weighted by Crippen LogP contribution is -2.02. The number of aromatic nitrogens is 2. The molecule has 0 atom stereocenters. The van der Waals surface area contributed by atoms with Crippen molar-refractivity contribution in [3.63, 3.8) is 0 Å². The van der Waals surface area contributed by atoms with Crippen molar-refractivity contribution in [1.82, 2.24) is 9.55 Å². The summed E-state index contributed by atoms with van der Waals surface area (Å²) < 4.78 is 8.42. The van der Waals surface area contributed by atoms with Crippen molar-refractivity contribution in [2.75, 3.05) is 0 Å². The standard InChI is InChI=1S/C16H13IN2O2/c1-11(20)21-13-4-2-12(3-5-13)9-19-10-15(17)14-6-7-18-8-16(14)19/h2-8,10H,9H2,1H3. The molecule has 3 aromatic rings. The molecule has 106 valence electrons. The second-order valence-electron chi connectivity index (χ2n) is 4.74. The van der Waals surface area contributed by atoms with Crippen LogP contribution in [0.15, 0.2) is 48.9 Å². The fourth-order valence-corrected chi connectivity index (χ4v) is 3.04. The Morgan fingerprint density at radius 2 is 2.05 bits per heavy atom. The molecule has 0 unspecified atom stereocenters. The average Bonchev–Trinajstić information content (AvgIpc) is 2.78. The normalized spacial score (nSPS) is 10.8. The molecule has 0 saturated carbocycles. The minimum absolute atomic E-state index is 0.306. The third-order valence-electron chi connectivity index (χ3n) is 3.17. The molecule has 0 saturated heterocycles. The highest BCUT2D eigenvalue weighted by Gasteiger charge is 2.07. The number of hydrogen-bond donors (Lipinski definition) is 0. The summed E-state index contributed by atoms with van der Waals surface area (Å²) in [6.45, 7) is 2.15. The highest BCUT2D eigenvalue weighted by Crippen LogP contribution is 2.23. The van der Waals surface area contributed by atoms with E-state index in [9.17, 15) is 4.79 Å². The molecule has 5 heteroatoms. The van der Waals surface area contributed by atoms with Crippen LogP contribution in [-0.2, 0) is 11.3 Å². The number of carbonyl (C=O) groups is 1. The monoisotopic (exact) mass is 392 g/mol. The van der Waals surface area contributed by atoms with Gasteiger partial charge in [-0.15, -0.1) is 0 Å². The molecular weight excluding hydrogens is 379 g/mol. The molecule has 0 aliphatic carbocycles. The minimum atomic E-state index is -0.306. The average molecular weight is 392 g/mol. The molecule has 0 aliphatic heterocycles. The number of benzene rings is 1. The van der Waals surface area contributed by atoms with E-state index >= 15 is 0 Å². The van der Waals surface area contributed by atoms with Crippen molar-refractivity contribution in [3.8, 4) is 5.75 Å². The topological polar surface area (TPSA) is 44.1 Å². The smallest absolute Gasteiger partial charge is 0.308 e. The number of halogens is 1. The van der Waals surface area contributed by atoms with E-state index in [1.165, 1.54) is 15.9 Å². The van der Waals surface area contributed by atoms with Crippen LogP contribution >= 0.6 is 22.6 Å².